The third-order valence-electron chi connectivity index (χ3n) is 3.17. The highest BCUT2D eigenvalue weighted by atomic mass is 16.5. The fraction of sp³-hybridized carbons (Fsp3) is 0.625. The lowest BCUT2D eigenvalue weighted by Gasteiger charge is -2.26. The van der Waals surface area contributed by atoms with Gasteiger partial charge in [-0.2, -0.15) is 0 Å². The molecule has 0 amide bonds. The summed E-state index contributed by atoms with van der Waals surface area (Å²) in [6, 6.07) is 6.85. The number of aliphatic hydroxyl groups is 1. The highest BCUT2D eigenvalue weighted by Gasteiger charge is 2.24. The van der Waals surface area contributed by atoms with Gasteiger partial charge in [0.1, 0.15) is 5.75 Å². The summed E-state index contributed by atoms with van der Waals surface area (Å²) in [5.74, 6) is 0.895. The molecular weight excluding hydrogens is 238 g/mol. The van der Waals surface area contributed by atoms with E-state index in [0.29, 0.717) is 18.8 Å². The van der Waals surface area contributed by atoms with Gasteiger partial charge in [0, 0.05) is 4.11 Å². The van der Waals surface area contributed by atoms with Crippen LogP contribution >= 0.6 is 0 Å². The third-order valence-corrected chi connectivity index (χ3v) is 3.17. The van der Waals surface area contributed by atoms with Gasteiger partial charge in [0.25, 0.3) is 0 Å². The average molecular weight is 268 g/mol. The molecule has 0 aliphatic carbocycles. The first-order chi connectivity index (χ1) is 9.99. The minimum atomic E-state index is -1.87. The molecule has 1 aromatic carbocycles. The molecule has 0 fully saturated rings. The molecule has 0 saturated carbocycles. The molecule has 0 saturated heterocycles. The zero-order valence-corrected chi connectivity index (χ0v) is 12.0. The number of ether oxygens (including phenoxy) is 1. The Morgan fingerprint density at radius 1 is 1.37 bits per heavy atom. The lowest BCUT2D eigenvalue weighted by Crippen LogP contribution is -2.34. The van der Waals surface area contributed by atoms with Crippen LogP contribution in [0.15, 0.2) is 24.3 Å². The molecule has 1 rings (SSSR count). The maximum Gasteiger partial charge on any atom is 0.119 e. The molecule has 3 heteroatoms. The first kappa shape index (κ1) is 11.7. The monoisotopic (exact) mass is 268 g/mol. The van der Waals surface area contributed by atoms with Gasteiger partial charge < -0.3 is 15.6 Å². The molecular formula is C16H27NO2. The summed E-state index contributed by atoms with van der Waals surface area (Å²) in [6.07, 6.45) is 0.815. The van der Waals surface area contributed by atoms with Crippen LogP contribution in [0.25, 0.3) is 0 Å². The molecule has 2 atom stereocenters. The van der Waals surface area contributed by atoms with Crippen molar-refractivity contribution in [3.63, 3.8) is 0 Å². The average Bonchev–Trinajstić information content (AvgIpc) is 2.41. The van der Waals surface area contributed by atoms with Crippen LogP contribution in [0.4, 0.5) is 0 Å². The van der Waals surface area contributed by atoms with Crippen molar-refractivity contribution in [2.45, 2.75) is 52.1 Å². The Morgan fingerprint density at radius 3 is 2.53 bits per heavy atom. The quantitative estimate of drug-likeness (QED) is 0.798. The summed E-state index contributed by atoms with van der Waals surface area (Å²) in [5.41, 5.74) is 5.84. The molecule has 0 aliphatic rings. The SMILES string of the molecule is [2H]C([2H])([2H])CC[C@H](C)COc1ccc([C@@H](N)C(C)(C)O)cc1. The second-order valence-electron chi connectivity index (χ2n) is 5.66. The zero-order chi connectivity index (χ0) is 17.0. The van der Waals surface area contributed by atoms with E-state index < -0.39 is 18.5 Å². The first-order valence-corrected chi connectivity index (χ1v) is 6.70. The van der Waals surface area contributed by atoms with Crippen molar-refractivity contribution < 1.29 is 14.0 Å². The fourth-order valence-corrected chi connectivity index (χ4v) is 1.75. The van der Waals surface area contributed by atoms with E-state index in [2.05, 4.69) is 0 Å². The lowest BCUT2D eigenvalue weighted by molar-refractivity contribution is 0.0517. The lowest BCUT2D eigenvalue weighted by atomic mass is 9.93. The van der Waals surface area contributed by atoms with Gasteiger partial charge in [-0.15, -0.1) is 0 Å². The van der Waals surface area contributed by atoms with Crippen LogP contribution < -0.4 is 10.5 Å². The van der Waals surface area contributed by atoms with Gasteiger partial charge in [0.2, 0.25) is 0 Å². The second kappa shape index (κ2) is 6.92. The molecule has 108 valence electrons. The maximum absolute atomic E-state index is 9.91. The maximum atomic E-state index is 9.91. The van der Waals surface area contributed by atoms with Gasteiger partial charge in [-0.3, -0.25) is 0 Å². The van der Waals surface area contributed by atoms with E-state index in [-0.39, 0.29) is 12.3 Å². The van der Waals surface area contributed by atoms with Gasteiger partial charge in [-0.25, -0.2) is 0 Å². The molecule has 3 N–H and O–H groups in total. The van der Waals surface area contributed by atoms with Crippen molar-refractivity contribution in [1.29, 1.82) is 0 Å². The predicted molar refractivity (Wildman–Crippen MR) is 79.2 cm³/mol. The summed E-state index contributed by atoms with van der Waals surface area (Å²) in [6.45, 7) is 3.93. The molecule has 19 heavy (non-hydrogen) atoms. The van der Waals surface area contributed by atoms with Crippen molar-refractivity contribution in [2.24, 2.45) is 11.7 Å². The van der Waals surface area contributed by atoms with E-state index in [1.807, 2.05) is 31.2 Å². The number of hydrogen-bond acceptors (Lipinski definition) is 3. The van der Waals surface area contributed by atoms with Crippen LogP contribution in [-0.4, -0.2) is 17.3 Å². The standard InChI is InChI=1S/C16H27NO2/c1-5-6-12(2)11-19-14-9-7-13(8-10-14)15(17)16(3,4)18/h7-10,12,15,18H,5-6,11,17H2,1-4H3/t12-,15+/m0/s1/i1D3. The molecule has 1 aromatic rings. The highest BCUT2D eigenvalue weighted by Crippen LogP contribution is 2.24. The predicted octanol–water partition coefficient (Wildman–Crippen LogP) is 3.27. The van der Waals surface area contributed by atoms with Crippen LogP contribution in [-0.2, 0) is 0 Å². The van der Waals surface area contributed by atoms with Gasteiger partial charge in [-0.1, -0.05) is 32.3 Å². The van der Waals surface area contributed by atoms with Crippen molar-refractivity contribution in [3.8, 4) is 5.75 Å². The molecule has 0 heterocycles. The molecule has 0 bridgehead atoms. The number of nitrogens with two attached hydrogens (primary N) is 1. The molecule has 0 aliphatic heterocycles. The second-order valence-corrected chi connectivity index (χ2v) is 5.66. The normalized spacial score (nSPS) is 18.1. The van der Waals surface area contributed by atoms with Crippen LogP contribution in [0, 0.1) is 5.92 Å². The molecule has 0 spiro atoms. The number of hydrogen-bond donors (Lipinski definition) is 2. The Hall–Kier alpha value is -1.06. The fourth-order valence-electron chi connectivity index (χ4n) is 1.75. The van der Waals surface area contributed by atoms with Crippen LogP contribution in [0.2, 0.25) is 0 Å². The first-order valence-electron chi connectivity index (χ1n) is 8.20. The molecule has 0 unspecified atom stereocenters. The largest absolute Gasteiger partial charge is 0.493 e. The summed E-state index contributed by atoms with van der Waals surface area (Å²) < 4.78 is 27.3. The topological polar surface area (TPSA) is 55.5 Å². The Labute approximate surface area is 121 Å². The van der Waals surface area contributed by atoms with E-state index in [1.165, 1.54) is 0 Å². The summed E-state index contributed by atoms with van der Waals surface area (Å²) in [4.78, 5) is 0. The van der Waals surface area contributed by atoms with Crippen molar-refractivity contribution in [2.75, 3.05) is 6.61 Å². The Balaban J connectivity index is 2.48. The molecule has 0 aromatic heterocycles. The minimum Gasteiger partial charge on any atom is -0.493 e. The number of rotatable bonds is 7. The third kappa shape index (κ3) is 5.21. The van der Waals surface area contributed by atoms with E-state index in [1.54, 1.807) is 13.8 Å². The Bertz CT molecular complexity index is 452. The van der Waals surface area contributed by atoms with Crippen molar-refractivity contribution >= 4 is 0 Å². The van der Waals surface area contributed by atoms with Gasteiger partial charge in [0.05, 0.1) is 18.2 Å². The smallest absolute Gasteiger partial charge is 0.119 e. The van der Waals surface area contributed by atoms with Crippen LogP contribution in [0.3, 0.4) is 0 Å². The van der Waals surface area contributed by atoms with Crippen molar-refractivity contribution in [3.05, 3.63) is 29.8 Å². The summed E-state index contributed by atoms with van der Waals surface area (Å²) in [5, 5.41) is 9.91. The Morgan fingerprint density at radius 2 is 2.00 bits per heavy atom. The Kier molecular flexibility index (Phi) is 4.28. The number of benzene rings is 1. The summed E-state index contributed by atoms with van der Waals surface area (Å²) in [7, 11) is 0. The van der Waals surface area contributed by atoms with Crippen LogP contribution in [0.1, 0.15) is 56.2 Å². The van der Waals surface area contributed by atoms with E-state index in [0.717, 1.165) is 5.56 Å². The van der Waals surface area contributed by atoms with Crippen LogP contribution in [0.5, 0.6) is 5.75 Å². The molecule has 0 radical (unpaired) electrons. The zero-order valence-electron chi connectivity index (χ0n) is 15.0. The molecule has 3 nitrogen and oxygen atoms in total. The highest BCUT2D eigenvalue weighted by molar-refractivity contribution is 5.30. The van der Waals surface area contributed by atoms with Crippen molar-refractivity contribution in [1.82, 2.24) is 0 Å². The van der Waals surface area contributed by atoms with Gasteiger partial charge >= 0.3 is 0 Å². The van der Waals surface area contributed by atoms with E-state index >= 15 is 0 Å². The summed E-state index contributed by atoms with van der Waals surface area (Å²) >= 11 is 0. The van der Waals surface area contributed by atoms with E-state index in [4.69, 9.17) is 14.6 Å². The van der Waals surface area contributed by atoms with Gasteiger partial charge in [0.15, 0.2) is 0 Å². The van der Waals surface area contributed by atoms with E-state index in [9.17, 15) is 5.11 Å². The minimum absolute atomic E-state index is 0.179. The van der Waals surface area contributed by atoms with Gasteiger partial charge in [-0.05, 0) is 43.9 Å².